The number of allylic oxidation sites excluding steroid dienone is 1. The summed E-state index contributed by atoms with van der Waals surface area (Å²) >= 11 is 0. The Hall–Kier alpha value is -4.38. The standard InChI is InChI=1S/C40H57N7O9S/c1-39(2,3)56-37(51)41-32-11-9-7-5-6-8-10-28-22-40(28,36(50)43-57(53,54)31-14-15-31)42-34(48)33-21-30(25-47(33)35(32)49)55-38(52)46-23-26-12-13-29(20-27(26)24-46)45-18-16-44(4)17-19-45/h8,10,12-13,20,28,30-33H,5-7,9,11,14-19,21-25H2,1-4H3,(H,41,51)(H,42,48)(H,43,50)/b10-8-/t28-,30-,32+,33+,40-/m1/s1. The first kappa shape index (κ1) is 40.8. The van der Waals surface area contributed by atoms with Gasteiger partial charge in [0.15, 0.2) is 0 Å². The van der Waals surface area contributed by atoms with Gasteiger partial charge in [0, 0.05) is 57.3 Å². The first-order valence-electron chi connectivity index (χ1n) is 20.4. The van der Waals surface area contributed by atoms with Crippen molar-refractivity contribution in [2.75, 3.05) is 44.7 Å². The average Bonchev–Trinajstić information content (AvgIpc) is 4.03. The Morgan fingerprint density at radius 3 is 2.42 bits per heavy atom. The van der Waals surface area contributed by atoms with Crippen LogP contribution in [-0.2, 0) is 47.0 Å². The fourth-order valence-corrected chi connectivity index (χ4v) is 9.65. The van der Waals surface area contributed by atoms with E-state index < -0.39 is 80.4 Å². The number of likely N-dealkylation sites (N-methyl/N-ethyl adjacent to an activating group) is 1. The minimum absolute atomic E-state index is 0.0601. The highest BCUT2D eigenvalue weighted by atomic mass is 32.2. The number of carbonyl (C=O) groups is 5. The van der Waals surface area contributed by atoms with Crippen molar-refractivity contribution in [2.24, 2.45) is 5.92 Å². The molecular weight excluding hydrogens is 755 g/mol. The maximum Gasteiger partial charge on any atom is 0.410 e. The van der Waals surface area contributed by atoms with Crippen LogP contribution in [0.1, 0.15) is 89.7 Å². The highest BCUT2D eigenvalue weighted by Gasteiger charge is 2.62. The molecule has 1 aromatic carbocycles. The Bertz CT molecular complexity index is 1890. The van der Waals surface area contributed by atoms with Gasteiger partial charge in [-0.1, -0.05) is 31.1 Å². The van der Waals surface area contributed by atoms with E-state index in [4.69, 9.17) is 9.47 Å². The number of sulfonamides is 1. The predicted octanol–water partition coefficient (Wildman–Crippen LogP) is 2.76. The minimum atomic E-state index is -3.91. The summed E-state index contributed by atoms with van der Waals surface area (Å²) in [4.78, 5) is 76.8. The molecule has 2 saturated carbocycles. The van der Waals surface area contributed by atoms with E-state index in [1.165, 1.54) is 4.90 Å². The fraction of sp³-hybridized carbons (Fsp3) is 0.675. The van der Waals surface area contributed by atoms with E-state index in [-0.39, 0.29) is 25.8 Å². The third kappa shape index (κ3) is 9.51. The molecule has 17 heteroatoms. The second kappa shape index (κ2) is 16.1. The lowest BCUT2D eigenvalue weighted by Crippen LogP contribution is -2.58. The van der Waals surface area contributed by atoms with E-state index in [1.807, 2.05) is 18.2 Å². The molecule has 7 rings (SSSR count). The summed E-state index contributed by atoms with van der Waals surface area (Å²) in [5.41, 5.74) is 0.820. The van der Waals surface area contributed by atoms with Gasteiger partial charge < -0.3 is 34.8 Å². The van der Waals surface area contributed by atoms with Gasteiger partial charge in [-0.2, -0.15) is 0 Å². The van der Waals surface area contributed by atoms with Crippen molar-refractivity contribution in [3.8, 4) is 0 Å². The zero-order valence-corrected chi connectivity index (χ0v) is 34.3. The predicted molar refractivity (Wildman–Crippen MR) is 210 cm³/mol. The molecule has 0 unspecified atom stereocenters. The quantitative estimate of drug-likeness (QED) is 0.359. The van der Waals surface area contributed by atoms with Crippen molar-refractivity contribution >= 4 is 45.6 Å². The molecule has 1 aromatic rings. The number of anilines is 1. The first-order chi connectivity index (χ1) is 27.0. The summed E-state index contributed by atoms with van der Waals surface area (Å²) in [5.74, 6) is -2.47. The molecule has 5 amide bonds. The van der Waals surface area contributed by atoms with Gasteiger partial charge in [-0.25, -0.2) is 18.0 Å². The van der Waals surface area contributed by atoms with Gasteiger partial charge in [-0.3, -0.25) is 24.0 Å². The summed E-state index contributed by atoms with van der Waals surface area (Å²) in [5, 5.41) is 4.92. The Labute approximate surface area is 335 Å². The maximum absolute atomic E-state index is 14.5. The number of fused-ring (bicyclic) bond motifs is 3. The molecule has 2 aliphatic carbocycles. The molecule has 312 valence electrons. The normalized spacial score (nSPS) is 29.2. The van der Waals surface area contributed by atoms with E-state index in [2.05, 4.69) is 44.3 Å². The van der Waals surface area contributed by atoms with Crippen LogP contribution in [0.3, 0.4) is 0 Å². The highest BCUT2D eigenvalue weighted by molar-refractivity contribution is 7.91. The summed E-state index contributed by atoms with van der Waals surface area (Å²) in [6, 6.07) is 4.04. The SMILES string of the molecule is CN1CCN(c2ccc3c(c2)CN(C(=O)O[C@@H]2C[C@H]4C(=O)N[C@]5(C(=O)NS(=O)(=O)C6CC6)C[C@H]5/C=C\CCCCC[C@H](NC(=O)OC(C)(C)C)C(=O)N4C2)C3)CC1. The Morgan fingerprint density at radius 2 is 1.70 bits per heavy atom. The smallest absolute Gasteiger partial charge is 0.410 e. The van der Waals surface area contributed by atoms with Crippen LogP contribution < -0.4 is 20.3 Å². The molecule has 4 heterocycles. The lowest BCUT2D eigenvalue weighted by molar-refractivity contribution is -0.141. The Kier molecular flexibility index (Phi) is 11.5. The van der Waals surface area contributed by atoms with Gasteiger partial charge in [0.05, 0.1) is 11.8 Å². The molecule has 0 aromatic heterocycles. The zero-order valence-electron chi connectivity index (χ0n) is 33.5. The molecule has 0 radical (unpaired) electrons. The van der Waals surface area contributed by atoms with Crippen molar-refractivity contribution in [3.63, 3.8) is 0 Å². The van der Waals surface area contributed by atoms with Crippen molar-refractivity contribution in [1.82, 2.24) is 30.1 Å². The topological polar surface area (TPSA) is 187 Å². The van der Waals surface area contributed by atoms with Gasteiger partial charge >= 0.3 is 12.2 Å². The third-order valence-corrected chi connectivity index (χ3v) is 13.7. The van der Waals surface area contributed by atoms with Gasteiger partial charge in [-0.05, 0) is 89.6 Å². The zero-order chi connectivity index (χ0) is 40.7. The number of nitrogens with one attached hydrogen (secondary N) is 3. The number of piperazine rings is 1. The molecule has 4 fully saturated rings. The number of amides is 5. The average molecular weight is 812 g/mol. The fourth-order valence-electron chi connectivity index (χ4n) is 8.29. The van der Waals surface area contributed by atoms with Crippen LogP contribution in [0.5, 0.6) is 0 Å². The van der Waals surface area contributed by atoms with Crippen LogP contribution in [0.25, 0.3) is 0 Å². The van der Waals surface area contributed by atoms with E-state index in [1.54, 1.807) is 25.7 Å². The minimum Gasteiger partial charge on any atom is -0.444 e. The maximum atomic E-state index is 14.5. The molecule has 16 nitrogen and oxygen atoms in total. The molecule has 5 atom stereocenters. The molecule has 0 bridgehead atoms. The van der Waals surface area contributed by atoms with Crippen molar-refractivity contribution < 1.29 is 41.9 Å². The monoisotopic (exact) mass is 811 g/mol. The van der Waals surface area contributed by atoms with E-state index in [0.717, 1.165) is 55.8 Å². The first-order valence-corrected chi connectivity index (χ1v) is 21.9. The molecular formula is C40H57N7O9S. The van der Waals surface area contributed by atoms with Crippen LogP contribution in [0.2, 0.25) is 0 Å². The molecule has 57 heavy (non-hydrogen) atoms. The summed E-state index contributed by atoms with van der Waals surface area (Å²) in [6.45, 7) is 9.53. The number of rotatable bonds is 6. The second-order valence-electron chi connectivity index (χ2n) is 17.6. The number of benzene rings is 1. The summed E-state index contributed by atoms with van der Waals surface area (Å²) < 4.78 is 39.4. The lowest BCUT2D eigenvalue weighted by Gasteiger charge is -2.34. The molecule has 0 spiro atoms. The van der Waals surface area contributed by atoms with Crippen molar-refractivity contribution in [1.29, 1.82) is 0 Å². The highest BCUT2D eigenvalue weighted by Crippen LogP contribution is 2.46. The summed E-state index contributed by atoms with van der Waals surface area (Å²) in [6.07, 6.45) is 5.70. The second-order valence-corrected chi connectivity index (χ2v) is 19.5. The van der Waals surface area contributed by atoms with Gasteiger partial charge in [-0.15, -0.1) is 0 Å². The van der Waals surface area contributed by atoms with Crippen LogP contribution in [-0.4, -0.2) is 127 Å². The van der Waals surface area contributed by atoms with Crippen molar-refractivity contribution in [3.05, 3.63) is 41.5 Å². The third-order valence-electron chi connectivity index (χ3n) is 11.8. The van der Waals surface area contributed by atoms with Crippen LogP contribution in [0.15, 0.2) is 30.4 Å². The van der Waals surface area contributed by atoms with Gasteiger partial charge in [0.2, 0.25) is 21.8 Å². The number of hydrogen-bond donors (Lipinski definition) is 3. The Balaban J connectivity index is 1.10. The number of ether oxygens (including phenoxy) is 2. The van der Waals surface area contributed by atoms with Crippen molar-refractivity contribution in [2.45, 2.75) is 126 Å². The number of hydrogen-bond acceptors (Lipinski definition) is 11. The number of alkyl carbamates (subject to hydrolysis) is 1. The largest absolute Gasteiger partial charge is 0.444 e. The Morgan fingerprint density at radius 1 is 0.965 bits per heavy atom. The van der Waals surface area contributed by atoms with Crippen LogP contribution in [0, 0.1) is 5.92 Å². The molecule has 3 N–H and O–H groups in total. The van der Waals surface area contributed by atoms with E-state index in [9.17, 15) is 32.4 Å². The molecule has 6 aliphatic rings. The molecule has 2 saturated heterocycles. The summed E-state index contributed by atoms with van der Waals surface area (Å²) in [7, 11) is -1.80. The van der Waals surface area contributed by atoms with E-state index >= 15 is 0 Å². The number of carbonyl (C=O) groups excluding carboxylic acids is 5. The molecule has 4 aliphatic heterocycles. The van der Waals surface area contributed by atoms with Crippen LogP contribution in [0.4, 0.5) is 15.3 Å². The lowest BCUT2D eigenvalue weighted by atomic mass is 10.0. The van der Waals surface area contributed by atoms with E-state index in [0.29, 0.717) is 38.8 Å². The number of nitrogens with zero attached hydrogens (tertiary/aromatic N) is 4. The van der Waals surface area contributed by atoms with Gasteiger partial charge in [0.1, 0.15) is 29.3 Å². The van der Waals surface area contributed by atoms with Crippen LogP contribution >= 0.6 is 0 Å². The van der Waals surface area contributed by atoms with Gasteiger partial charge in [0.25, 0.3) is 5.91 Å².